The predicted octanol–water partition coefficient (Wildman–Crippen LogP) is -2.24. The molecule has 0 bridgehead atoms. The first-order valence-corrected chi connectivity index (χ1v) is 6.52. The summed E-state index contributed by atoms with van der Waals surface area (Å²) in [7, 11) is 0. The van der Waals surface area contributed by atoms with Gasteiger partial charge in [-0.3, -0.25) is 0 Å². The topological polar surface area (TPSA) is 177 Å². The van der Waals surface area contributed by atoms with E-state index in [0.29, 0.717) is 0 Å². The van der Waals surface area contributed by atoms with Crippen LogP contribution in [-0.2, 0) is 9.47 Å². The third kappa shape index (κ3) is 3.30. The lowest BCUT2D eigenvalue weighted by Gasteiger charge is -2.39. The molecule has 1 aromatic rings. The number of benzene rings is 1. The Morgan fingerprint density at radius 2 is 1.61 bits per heavy atom. The van der Waals surface area contributed by atoms with E-state index < -0.39 is 60.5 Å². The molecule has 10 heteroatoms. The molecule has 0 spiro atoms. The minimum atomic E-state index is -1.78. The second-order valence-electron chi connectivity index (χ2n) is 4.97. The first kappa shape index (κ1) is 17.2. The summed E-state index contributed by atoms with van der Waals surface area (Å²) in [6.45, 7) is -0.695. The number of hydrogen-bond donors (Lipinski definition) is 7. The van der Waals surface area contributed by atoms with Crippen LogP contribution in [0.1, 0.15) is 10.4 Å². The van der Waals surface area contributed by atoms with Crippen molar-refractivity contribution in [2.45, 2.75) is 30.7 Å². The van der Waals surface area contributed by atoms with E-state index in [2.05, 4.69) is 0 Å². The number of phenols is 3. The molecule has 0 aliphatic carbocycles. The van der Waals surface area contributed by atoms with E-state index in [0.717, 1.165) is 12.1 Å². The van der Waals surface area contributed by atoms with Crippen molar-refractivity contribution in [3.05, 3.63) is 17.7 Å². The van der Waals surface area contributed by atoms with Gasteiger partial charge >= 0.3 is 5.97 Å². The molecule has 0 radical (unpaired) electrons. The molecular weight excluding hydrogens is 316 g/mol. The molecular formula is C13H16O10. The summed E-state index contributed by atoms with van der Waals surface area (Å²) >= 11 is 0. The van der Waals surface area contributed by atoms with Gasteiger partial charge in [-0.1, -0.05) is 0 Å². The van der Waals surface area contributed by atoms with Crippen molar-refractivity contribution in [3.8, 4) is 17.2 Å². The number of aromatic hydroxyl groups is 3. The van der Waals surface area contributed by atoms with E-state index in [9.17, 15) is 35.4 Å². The molecule has 1 aromatic carbocycles. The van der Waals surface area contributed by atoms with Crippen LogP contribution in [0.2, 0.25) is 0 Å². The fourth-order valence-corrected chi connectivity index (χ4v) is 2.06. The number of phenolic OH excluding ortho intramolecular Hbond substituents is 3. The lowest BCUT2D eigenvalue weighted by molar-refractivity contribution is -0.285. The van der Waals surface area contributed by atoms with Crippen molar-refractivity contribution >= 4 is 5.97 Å². The third-order valence-electron chi connectivity index (χ3n) is 3.38. The number of aliphatic hydroxyl groups excluding tert-OH is 4. The van der Waals surface area contributed by atoms with Crippen molar-refractivity contribution in [2.75, 3.05) is 6.61 Å². The van der Waals surface area contributed by atoms with Gasteiger partial charge in [0.2, 0.25) is 6.29 Å². The highest BCUT2D eigenvalue weighted by Crippen LogP contribution is 2.35. The standard InChI is InChI=1S/C13H16O10/c14-3-7-9(18)10(19)11(20)13(22-7)23-12(21)4-1-5(15)8(17)6(16)2-4/h1-2,7,9-11,13-20H,3H2/t7-,9+,10+,11+,13+/m0/s1. The molecule has 5 atom stereocenters. The molecule has 0 aromatic heterocycles. The Labute approximate surface area is 129 Å². The van der Waals surface area contributed by atoms with Gasteiger partial charge in [-0.05, 0) is 12.1 Å². The maximum Gasteiger partial charge on any atom is 0.340 e. The van der Waals surface area contributed by atoms with Crippen molar-refractivity contribution in [1.29, 1.82) is 0 Å². The Morgan fingerprint density at radius 1 is 1.04 bits per heavy atom. The first-order valence-electron chi connectivity index (χ1n) is 6.52. The van der Waals surface area contributed by atoms with Gasteiger partial charge in [-0.2, -0.15) is 0 Å². The molecule has 23 heavy (non-hydrogen) atoms. The number of ether oxygens (including phenoxy) is 2. The van der Waals surface area contributed by atoms with Crippen LogP contribution < -0.4 is 0 Å². The van der Waals surface area contributed by atoms with E-state index in [1.807, 2.05) is 0 Å². The molecule has 0 amide bonds. The largest absolute Gasteiger partial charge is 0.504 e. The zero-order chi connectivity index (χ0) is 17.3. The van der Waals surface area contributed by atoms with Crippen LogP contribution in [-0.4, -0.2) is 79.0 Å². The first-order chi connectivity index (χ1) is 10.8. The number of rotatable bonds is 3. The fourth-order valence-electron chi connectivity index (χ4n) is 2.06. The molecule has 2 rings (SSSR count). The van der Waals surface area contributed by atoms with Crippen LogP contribution in [0, 0.1) is 0 Å². The Bertz CT molecular complexity index is 563. The number of carbonyl (C=O) groups is 1. The van der Waals surface area contributed by atoms with Crippen molar-refractivity contribution < 1.29 is 50.0 Å². The van der Waals surface area contributed by atoms with Crippen molar-refractivity contribution in [2.24, 2.45) is 0 Å². The van der Waals surface area contributed by atoms with Crippen LogP contribution in [0.25, 0.3) is 0 Å². The van der Waals surface area contributed by atoms with Gasteiger partial charge in [0.1, 0.15) is 24.4 Å². The summed E-state index contributed by atoms with van der Waals surface area (Å²) in [5, 5.41) is 65.8. The molecule has 1 fully saturated rings. The van der Waals surface area contributed by atoms with Crippen LogP contribution >= 0.6 is 0 Å². The monoisotopic (exact) mass is 332 g/mol. The summed E-state index contributed by atoms with van der Waals surface area (Å²) in [6, 6.07) is 1.61. The molecule has 10 nitrogen and oxygen atoms in total. The second-order valence-corrected chi connectivity index (χ2v) is 4.97. The minimum Gasteiger partial charge on any atom is -0.504 e. The summed E-state index contributed by atoms with van der Waals surface area (Å²) in [5.74, 6) is -3.52. The molecule has 1 aliphatic heterocycles. The van der Waals surface area contributed by atoms with Gasteiger partial charge in [0.25, 0.3) is 0 Å². The Morgan fingerprint density at radius 3 is 2.13 bits per heavy atom. The number of hydrogen-bond acceptors (Lipinski definition) is 10. The highest BCUT2D eigenvalue weighted by molar-refractivity contribution is 5.91. The predicted molar refractivity (Wildman–Crippen MR) is 70.6 cm³/mol. The van der Waals surface area contributed by atoms with E-state index in [-0.39, 0.29) is 5.56 Å². The highest BCUT2D eigenvalue weighted by atomic mass is 16.7. The van der Waals surface area contributed by atoms with Crippen LogP contribution in [0.4, 0.5) is 0 Å². The molecule has 7 N–H and O–H groups in total. The number of carbonyl (C=O) groups excluding carboxylic acids is 1. The van der Waals surface area contributed by atoms with Crippen molar-refractivity contribution in [1.82, 2.24) is 0 Å². The quantitative estimate of drug-likeness (QED) is 0.236. The van der Waals surface area contributed by atoms with E-state index in [1.54, 1.807) is 0 Å². The maximum absolute atomic E-state index is 11.9. The lowest BCUT2D eigenvalue weighted by Crippen LogP contribution is -2.59. The maximum atomic E-state index is 11.9. The molecule has 0 unspecified atom stereocenters. The van der Waals surface area contributed by atoms with Gasteiger partial charge in [0, 0.05) is 0 Å². The normalized spacial score (nSPS) is 30.9. The van der Waals surface area contributed by atoms with Crippen LogP contribution in [0.3, 0.4) is 0 Å². The Kier molecular flexibility index (Phi) is 4.92. The van der Waals surface area contributed by atoms with Gasteiger partial charge < -0.3 is 45.2 Å². The van der Waals surface area contributed by atoms with E-state index in [1.165, 1.54) is 0 Å². The SMILES string of the molecule is O=C(O[C@H]1O[C@@H](CO)[C@@H](O)[C@@H](O)[C@H]1O)c1cc(O)c(O)c(O)c1. The molecule has 1 heterocycles. The smallest absolute Gasteiger partial charge is 0.340 e. The summed E-state index contributed by atoms with van der Waals surface area (Å²) < 4.78 is 9.77. The van der Waals surface area contributed by atoms with Gasteiger partial charge in [-0.25, -0.2) is 4.79 Å². The number of esters is 1. The van der Waals surface area contributed by atoms with Crippen LogP contribution in [0.5, 0.6) is 17.2 Å². The minimum absolute atomic E-state index is 0.366. The zero-order valence-electron chi connectivity index (χ0n) is 11.6. The molecule has 128 valence electrons. The fraction of sp³-hybridized carbons (Fsp3) is 0.462. The van der Waals surface area contributed by atoms with Gasteiger partial charge in [0.15, 0.2) is 17.2 Å². The summed E-state index contributed by atoms with van der Waals surface area (Å²) in [4.78, 5) is 11.9. The molecule has 1 aliphatic rings. The molecule has 1 saturated heterocycles. The number of aliphatic hydroxyl groups is 4. The second kappa shape index (κ2) is 6.56. The average Bonchev–Trinajstić information content (AvgIpc) is 2.52. The summed E-state index contributed by atoms with van der Waals surface area (Å²) in [5.41, 5.74) is -0.366. The van der Waals surface area contributed by atoms with Gasteiger partial charge in [-0.15, -0.1) is 0 Å². The summed E-state index contributed by atoms with van der Waals surface area (Å²) in [6.07, 6.45) is -8.06. The zero-order valence-corrected chi connectivity index (χ0v) is 11.6. The van der Waals surface area contributed by atoms with E-state index in [4.69, 9.17) is 14.6 Å². The van der Waals surface area contributed by atoms with Crippen molar-refractivity contribution in [3.63, 3.8) is 0 Å². The third-order valence-corrected chi connectivity index (χ3v) is 3.38. The molecule has 0 saturated carbocycles. The Hall–Kier alpha value is -2.11. The average molecular weight is 332 g/mol. The lowest BCUT2D eigenvalue weighted by atomic mass is 9.99. The Balaban J connectivity index is 2.16. The van der Waals surface area contributed by atoms with E-state index >= 15 is 0 Å². The van der Waals surface area contributed by atoms with Gasteiger partial charge in [0.05, 0.1) is 12.2 Å². The van der Waals surface area contributed by atoms with Crippen LogP contribution in [0.15, 0.2) is 12.1 Å². The highest BCUT2D eigenvalue weighted by Gasteiger charge is 2.45.